The molecule has 3 rings (SSSR count). The minimum atomic E-state index is 0.133. The highest BCUT2D eigenvalue weighted by Gasteiger charge is 2.23. The van der Waals surface area contributed by atoms with Crippen LogP contribution in [0, 0.1) is 20.8 Å². The van der Waals surface area contributed by atoms with Crippen LogP contribution >= 0.6 is 0 Å². The molecule has 4 heteroatoms. The lowest BCUT2D eigenvalue weighted by Crippen LogP contribution is -2.49. The first-order valence-electron chi connectivity index (χ1n) is 8.08. The molecule has 0 saturated carbocycles. The molecule has 120 valence electrons. The molecule has 0 radical (unpaired) electrons. The predicted molar refractivity (Wildman–Crippen MR) is 93.0 cm³/mol. The Balaban J connectivity index is 1.67. The van der Waals surface area contributed by atoms with Gasteiger partial charge in [-0.2, -0.15) is 0 Å². The van der Waals surface area contributed by atoms with Gasteiger partial charge >= 0.3 is 0 Å². The van der Waals surface area contributed by atoms with Gasteiger partial charge in [-0.05, 0) is 50.6 Å². The molecule has 2 heterocycles. The molecule has 0 spiro atoms. The van der Waals surface area contributed by atoms with Crippen LogP contribution in [-0.4, -0.2) is 42.0 Å². The normalized spacial score (nSPS) is 14.9. The van der Waals surface area contributed by atoms with Crippen molar-refractivity contribution in [2.75, 3.05) is 31.1 Å². The Morgan fingerprint density at radius 3 is 2.17 bits per heavy atom. The van der Waals surface area contributed by atoms with Gasteiger partial charge in [0.25, 0.3) is 5.91 Å². The molecule has 0 unspecified atom stereocenters. The summed E-state index contributed by atoms with van der Waals surface area (Å²) >= 11 is 0. The van der Waals surface area contributed by atoms with E-state index in [9.17, 15) is 4.79 Å². The van der Waals surface area contributed by atoms with Gasteiger partial charge in [-0.25, -0.2) is 4.98 Å². The standard InChI is InChI=1S/C19H23N3O/c1-14-4-5-20-18(13-14)21-6-8-22(9-7-21)19(23)17-11-15(2)10-16(3)12-17/h4-5,10-13H,6-9H2,1-3H3. The molecule has 0 N–H and O–H groups in total. The van der Waals surface area contributed by atoms with Gasteiger partial charge in [-0.3, -0.25) is 4.79 Å². The molecule has 0 atom stereocenters. The Morgan fingerprint density at radius 2 is 1.57 bits per heavy atom. The highest BCUT2D eigenvalue weighted by Crippen LogP contribution is 2.17. The fraction of sp³-hybridized carbons (Fsp3) is 0.368. The van der Waals surface area contributed by atoms with Crippen molar-refractivity contribution in [3.63, 3.8) is 0 Å². The Kier molecular flexibility index (Phi) is 4.33. The lowest BCUT2D eigenvalue weighted by molar-refractivity contribution is 0.0746. The minimum absolute atomic E-state index is 0.133. The fourth-order valence-corrected chi connectivity index (χ4v) is 3.11. The molecule has 1 fully saturated rings. The minimum Gasteiger partial charge on any atom is -0.353 e. The first-order valence-corrected chi connectivity index (χ1v) is 8.08. The van der Waals surface area contributed by atoms with Gasteiger partial charge in [0.2, 0.25) is 0 Å². The van der Waals surface area contributed by atoms with E-state index in [0.717, 1.165) is 48.7 Å². The molecular formula is C19H23N3O. The number of rotatable bonds is 2. The lowest BCUT2D eigenvalue weighted by Gasteiger charge is -2.35. The zero-order valence-corrected chi connectivity index (χ0v) is 14.0. The third-order valence-electron chi connectivity index (χ3n) is 4.26. The van der Waals surface area contributed by atoms with E-state index >= 15 is 0 Å². The number of nitrogens with zero attached hydrogens (tertiary/aromatic N) is 3. The van der Waals surface area contributed by atoms with Crippen molar-refractivity contribution in [1.29, 1.82) is 0 Å². The van der Waals surface area contributed by atoms with Crippen molar-refractivity contribution in [3.8, 4) is 0 Å². The summed E-state index contributed by atoms with van der Waals surface area (Å²) in [6.07, 6.45) is 1.84. The Labute approximate surface area is 137 Å². The number of carbonyl (C=O) groups is 1. The first-order chi connectivity index (χ1) is 11.0. The molecule has 1 aliphatic heterocycles. The average molecular weight is 309 g/mol. The third kappa shape index (κ3) is 3.52. The van der Waals surface area contributed by atoms with E-state index in [1.54, 1.807) is 0 Å². The summed E-state index contributed by atoms with van der Waals surface area (Å²) in [5.74, 6) is 1.14. The smallest absolute Gasteiger partial charge is 0.253 e. The number of anilines is 1. The maximum absolute atomic E-state index is 12.7. The summed E-state index contributed by atoms with van der Waals surface area (Å²) < 4.78 is 0. The molecule has 2 aromatic rings. The number of hydrogen-bond donors (Lipinski definition) is 0. The predicted octanol–water partition coefficient (Wildman–Crippen LogP) is 2.97. The van der Waals surface area contributed by atoms with Crippen molar-refractivity contribution < 1.29 is 4.79 Å². The van der Waals surface area contributed by atoms with Crippen LogP contribution in [0.1, 0.15) is 27.0 Å². The van der Waals surface area contributed by atoms with Crippen LogP contribution in [0.25, 0.3) is 0 Å². The van der Waals surface area contributed by atoms with E-state index in [2.05, 4.69) is 28.9 Å². The van der Waals surface area contributed by atoms with Crippen LogP contribution in [0.5, 0.6) is 0 Å². The zero-order chi connectivity index (χ0) is 16.4. The fourth-order valence-electron chi connectivity index (χ4n) is 3.11. The number of benzene rings is 1. The Hall–Kier alpha value is -2.36. The summed E-state index contributed by atoms with van der Waals surface area (Å²) in [7, 11) is 0. The molecule has 23 heavy (non-hydrogen) atoms. The summed E-state index contributed by atoms with van der Waals surface area (Å²) in [6, 6.07) is 10.1. The highest BCUT2D eigenvalue weighted by atomic mass is 16.2. The van der Waals surface area contributed by atoms with Gasteiger partial charge in [-0.15, -0.1) is 0 Å². The number of piperazine rings is 1. The maximum Gasteiger partial charge on any atom is 0.253 e. The number of aromatic nitrogens is 1. The van der Waals surface area contributed by atoms with Crippen molar-refractivity contribution in [2.24, 2.45) is 0 Å². The molecule has 1 saturated heterocycles. The van der Waals surface area contributed by atoms with Gasteiger partial charge in [-0.1, -0.05) is 17.2 Å². The number of pyridine rings is 1. The summed E-state index contributed by atoms with van der Waals surface area (Å²) in [5.41, 5.74) is 4.28. The SMILES string of the molecule is Cc1cc(C)cc(C(=O)N2CCN(c3cc(C)ccn3)CC2)c1. The van der Waals surface area contributed by atoms with E-state index < -0.39 is 0 Å². The highest BCUT2D eigenvalue weighted by molar-refractivity contribution is 5.94. The van der Waals surface area contributed by atoms with E-state index in [4.69, 9.17) is 0 Å². The number of aryl methyl sites for hydroxylation is 3. The molecule has 1 amide bonds. The van der Waals surface area contributed by atoms with Gasteiger partial charge in [0.05, 0.1) is 0 Å². The van der Waals surface area contributed by atoms with Crippen molar-refractivity contribution >= 4 is 11.7 Å². The van der Waals surface area contributed by atoms with E-state index in [-0.39, 0.29) is 5.91 Å². The molecule has 0 bridgehead atoms. The largest absolute Gasteiger partial charge is 0.353 e. The molecule has 0 aliphatic carbocycles. The zero-order valence-electron chi connectivity index (χ0n) is 14.0. The van der Waals surface area contributed by atoms with Crippen LogP contribution in [0.2, 0.25) is 0 Å². The second-order valence-electron chi connectivity index (χ2n) is 6.35. The number of hydrogen-bond acceptors (Lipinski definition) is 3. The lowest BCUT2D eigenvalue weighted by atomic mass is 10.1. The van der Waals surface area contributed by atoms with Gasteiger partial charge in [0, 0.05) is 37.9 Å². The summed E-state index contributed by atoms with van der Waals surface area (Å²) in [4.78, 5) is 21.3. The van der Waals surface area contributed by atoms with E-state index in [0.29, 0.717) is 0 Å². The number of carbonyl (C=O) groups excluding carboxylic acids is 1. The van der Waals surface area contributed by atoms with Crippen LogP contribution in [0.3, 0.4) is 0 Å². The van der Waals surface area contributed by atoms with Crippen LogP contribution in [-0.2, 0) is 0 Å². The van der Waals surface area contributed by atoms with Gasteiger partial charge in [0.1, 0.15) is 5.82 Å². The molecule has 1 aromatic carbocycles. The third-order valence-corrected chi connectivity index (χ3v) is 4.26. The Bertz CT molecular complexity index is 698. The quantitative estimate of drug-likeness (QED) is 0.856. The molecule has 1 aromatic heterocycles. The van der Waals surface area contributed by atoms with Crippen LogP contribution < -0.4 is 4.90 Å². The van der Waals surface area contributed by atoms with Crippen molar-refractivity contribution in [2.45, 2.75) is 20.8 Å². The second kappa shape index (κ2) is 6.41. The Morgan fingerprint density at radius 1 is 0.913 bits per heavy atom. The second-order valence-corrected chi connectivity index (χ2v) is 6.35. The summed E-state index contributed by atoms with van der Waals surface area (Å²) in [5, 5.41) is 0. The van der Waals surface area contributed by atoms with Gasteiger partial charge < -0.3 is 9.80 Å². The van der Waals surface area contributed by atoms with Crippen LogP contribution in [0.4, 0.5) is 5.82 Å². The topological polar surface area (TPSA) is 36.4 Å². The summed E-state index contributed by atoms with van der Waals surface area (Å²) in [6.45, 7) is 9.27. The average Bonchev–Trinajstić information content (AvgIpc) is 2.53. The van der Waals surface area contributed by atoms with E-state index in [1.807, 2.05) is 43.1 Å². The first kappa shape index (κ1) is 15.5. The molecule has 4 nitrogen and oxygen atoms in total. The van der Waals surface area contributed by atoms with Gasteiger partial charge in [0.15, 0.2) is 0 Å². The van der Waals surface area contributed by atoms with Crippen molar-refractivity contribution in [1.82, 2.24) is 9.88 Å². The monoisotopic (exact) mass is 309 g/mol. The maximum atomic E-state index is 12.7. The number of amides is 1. The van der Waals surface area contributed by atoms with E-state index in [1.165, 1.54) is 5.56 Å². The molecular weight excluding hydrogens is 286 g/mol. The molecule has 1 aliphatic rings. The van der Waals surface area contributed by atoms with Crippen LogP contribution in [0.15, 0.2) is 36.5 Å². The van der Waals surface area contributed by atoms with Crippen molar-refractivity contribution in [3.05, 3.63) is 58.8 Å².